The Bertz CT molecular complexity index is 951. The van der Waals surface area contributed by atoms with Crippen molar-refractivity contribution in [2.24, 2.45) is 0 Å². The van der Waals surface area contributed by atoms with Crippen molar-refractivity contribution in [2.45, 2.75) is 19.9 Å². The van der Waals surface area contributed by atoms with Gasteiger partial charge in [0.25, 0.3) is 0 Å². The Morgan fingerprint density at radius 3 is 2.77 bits per heavy atom. The molecule has 0 aliphatic carbocycles. The lowest BCUT2D eigenvalue weighted by molar-refractivity contribution is 0.0961. The topological polar surface area (TPSA) is 79.1 Å². The fourth-order valence-electron chi connectivity index (χ4n) is 2.80. The zero-order valence-electron chi connectivity index (χ0n) is 14.4. The average molecular weight is 350 g/mol. The molecule has 0 N–H and O–H groups in total. The molecular weight excluding hydrogens is 332 g/mol. The first kappa shape index (κ1) is 16.3. The number of aromatic nitrogens is 4. The highest BCUT2D eigenvalue weighted by Crippen LogP contribution is 2.30. The Morgan fingerprint density at radius 2 is 1.92 bits per heavy atom. The minimum absolute atomic E-state index is 0.0124. The molecule has 7 heteroatoms. The van der Waals surface area contributed by atoms with Crippen molar-refractivity contribution in [1.82, 2.24) is 20.2 Å². The summed E-state index contributed by atoms with van der Waals surface area (Å²) in [4.78, 5) is 13.9. The number of ether oxygens (including phenoxy) is 2. The van der Waals surface area contributed by atoms with Crippen molar-refractivity contribution < 1.29 is 14.3 Å². The van der Waals surface area contributed by atoms with Gasteiger partial charge in [-0.15, -0.1) is 10.2 Å². The zero-order valence-corrected chi connectivity index (χ0v) is 14.4. The van der Waals surface area contributed by atoms with Gasteiger partial charge >= 0.3 is 0 Å². The summed E-state index contributed by atoms with van der Waals surface area (Å²) in [6.45, 7) is 3.19. The highest BCUT2D eigenvalue weighted by Gasteiger charge is 2.16. The lowest BCUT2D eigenvalue weighted by Gasteiger charge is -2.08. The van der Waals surface area contributed by atoms with Crippen LogP contribution in [0, 0.1) is 6.92 Å². The number of carbonyl (C=O) groups excluding carboxylic acids is 1. The summed E-state index contributed by atoms with van der Waals surface area (Å²) in [6.07, 6.45) is 0.822. The third-order valence-corrected chi connectivity index (χ3v) is 4.19. The van der Waals surface area contributed by atoms with Crippen LogP contribution in [0.15, 0.2) is 42.5 Å². The van der Waals surface area contributed by atoms with E-state index in [2.05, 4.69) is 15.4 Å². The van der Waals surface area contributed by atoms with Crippen LogP contribution in [0.25, 0.3) is 11.4 Å². The Kier molecular flexibility index (Phi) is 4.35. The van der Waals surface area contributed by atoms with E-state index in [0.29, 0.717) is 36.1 Å². The molecule has 3 aromatic rings. The van der Waals surface area contributed by atoms with Gasteiger partial charge in [-0.2, -0.15) is 4.80 Å². The van der Waals surface area contributed by atoms with Crippen LogP contribution in [-0.4, -0.2) is 39.2 Å². The normalized spacial score (nSPS) is 13.3. The molecule has 0 atom stereocenters. The smallest absolute Gasteiger partial charge is 0.205 e. The second kappa shape index (κ2) is 6.95. The molecule has 0 unspecified atom stereocenters. The highest BCUT2D eigenvalue weighted by molar-refractivity contribution is 5.96. The second-order valence-corrected chi connectivity index (χ2v) is 6.09. The number of fused-ring (bicyclic) bond motifs is 1. The Morgan fingerprint density at radius 1 is 1.12 bits per heavy atom. The molecule has 0 spiro atoms. The van der Waals surface area contributed by atoms with Crippen LogP contribution in [0.4, 0.5) is 0 Å². The average Bonchev–Trinajstić information content (AvgIpc) is 2.97. The molecule has 1 aliphatic rings. The van der Waals surface area contributed by atoms with Crippen LogP contribution in [0.3, 0.4) is 0 Å². The van der Waals surface area contributed by atoms with E-state index in [0.717, 1.165) is 17.5 Å². The second-order valence-electron chi connectivity index (χ2n) is 6.09. The molecule has 2 heterocycles. The summed E-state index contributed by atoms with van der Waals surface area (Å²) >= 11 is 0. The maximum Gasteiger partial charge on any atom is 0.205 e. The number of benzene rings is 2. The lowest BCUT2D eigenvalue weighted by Crippen LogP contribution is -2.13. The summed E-state index contributed by atoms with van der Waals surface area (Å²) in [5.41, 5.74) is 2.49. The van der Waals surface area contributed by atoms with Gasteiger partial charge in [-0.05, 0) is 35.9 Å². The maximum atomic E-state index is 12.6. The maximum absolute atomic E-state index is 12.6. The van der Waals surface area contributed by atoms with Crippen LogP contribution in [0.2, 0.25) is 0 Å². The van der Waals surface area contributed by atoms with Crippen LogP contribution in [0.1, 0.15) is 22.3 Å². The van der Waals surface area contributed by atoms with E-state index in [1.54, 1.807) is 18.2 Å². The number of rotatable bonds is 4. The number of ketones is 1. The third-order valence-electron chi connectivity index (χ3n) is 4.19. The van der Waals surface area contributed by atoms with E-state index in [4.69, 9.17) is 9.47 Å². The molecule has 0 saturated carbocycles. The first-order chi connectivity index (χ1) is 12.7. The molecule has 1 aliphatic heterocycles. The van der Waals surface area contributed by atoms with E-state index >= 15 is 0 Å². The van der Waals surface area contributed by atoms with Gasteiger partial charge in [-0.3, -0.25) is 4.79 Å². The van der Waals surface area contributed by atoms with Gasteiger partial charge in [0.15, 0.2) is 17.3 Å². The molecule has 26 heavy (non-hydrogen) atoms. The van der Waals surface area contributed by atoms with Crippen molar-refractivity contribution in [3.05, 3.63) is 53.6 Å². The standard InChI is InChI=1S/C19H18N4O3/c1-13-5-2-3-6-15(13)19-20-22-23(21-19)12-16(24)14-7-8-17-18(11-14)26-10-4-9-25-17/h2-3,5-8,11H,4,9-10,12H2,1H3. The quantitative estimate of drug-likeness (QED) is 0.673. The number of hydrogen-bond acceptors (Lipinski definition) is 6. The molecule has 1 aromatic heterocycles. The predicted molar refractivity (Wildman–Crippen MR) is 94.4 cm³/mol. The molecule has 2 aromatic carbocycles. The summed E-state index contributed by atoms with van der Waals surface area (Å²) < 4.78 is 11.2. The Labute approximate surface area is 150 Å². The van der Waals surface area contributed by atoms with Gasteiger partial charge in [0, 0.05) is 17.5 Å². The van der Waals surface area contributed by atoms with Crippen molar-refractivity contribution in [3.63, 3.8) is 0 Å². The molecule has 0 fully saturated rings. The number of nitrogens with zero attached hydrogens (tertiary/aromatic N) is 4. The van der Waals surface area contributed by atoms with Gasteiger partial charge in [0.05, 0.1) is 13.2 Å². The predicted octanol–water partition coefficient (Wildman–Crippen LogP) is 2.69. The fourth-order valence-corrected chi connectivity index (χ4v) is 2.80. The molecule has 0 radical (unpaired) electrons. The number of Topliss-reactive ketones (excluding diaryl/α,β-unsaturated/α-hetero) is 1. The van der Waals surface area contributed by atoms with Crippen LogP contribution >= 0.6 is 0 Å². The molecule has 4 rings (SSSR count). The van der Waals surface area contributed by atoms with E-state index in [1.165, 1.54) is 4.80 Å². The monoisotopic (exact) mass is 350 g/mol. The van der Waals surface area contributed by atoms with Crippen LogP contribution in [-0.2, 0) is 6.54 Å². The van der Waals surface area contributed by atoms with Gasteiger partial charge in [-0.1, -0.05) is 24.3 Å². The summed E-state index contributed by atoms with van der Waals surface area (Å²) in [5.74, 6) is 1.66. The number of aryl methyl sites for hydroxylation is 1. The van der Waals surface area contributed by atoms with E-state index < -0.39 is 0 Å². The SMILES string of the molecule is Cc1ccccc1-c1nnn(CC(=O)c2ccc3c(c2)OCCCO3)n1. The first-order valence-electron chi connectivity index (χ1n) is 8.47. The minimum atomic E-state index is -0.116. The number of hydrogen-bond donors (Lipinski definition) is 0. The van der Waals surface area contributed by atoms with Crippen LogP contribution in [0.5, 0.6) is 11.5 Å². The fraction of sp³-hybridized carbons (Fsp3) is 0.263. The molecule has 0 amide bonds. The Hall–Kier alpha value is -3.22. The summed E-state index contributed by atoms with van der Waals surface area (Å²) in [6, 6.07) is 13.0. The van der Waals surface area contributed by atoms with E-state index in [1.807, 2.05) is 31.2 Å². The molecule has 0 saturated heterocycles. The van der Waals surface area contributed by atoms with Gasteiger partial charge in [0.1, 0.15) is 6.54 Å². The minimum Gasteiger partial charge on any atom is -0.490 e. The number of carbonyl (C=O) groups is 1. The van der Waals surface area contributed by atoms with Crippen molar-refractivity contribution in [2.75, 3.05) is 13.2 Å². The third kappa shape index (κ3) is 3.28. The molecular formula is C19H18N4O3. The van der Waals surface area contributed by atoms with Gasteiger partial charge in [-0.25, -0.2) is 0 Å². The molecule has 0 bridgehead atoms. The lowest BCUT2D eigenvalue weighted by atomic mass is 10.1. The van der Waals surface area contributed by atoms with E-state index in [9.17, 15) is 4.79 Å². The van der Waals surface area contributed by atoms with Crippen molar-refractivity contribution in [3.8, 4) is 22.9 Å². The van der Waals surface area contributed by atoms with Gasteiger partial charge in [0.2, 0.25) is 5.82 Å². The summed E-state index contributed by atoms with van der Waals surface area (Å²) in [7, 11) is 0. The first-order valence-corrected chi connectivity index (χ1v) is 8.47. The highest BCUT2D eigenvalue weighted by atomic mass is 16.5. The van der Waals surface area contributed by atoms with Crippen molar-refractivity contribution >= 4 is 5.78 Å². The largest absolute Gasteiger partial charge is 0.490 e. The van der Waals surface area contributed by atoms with E-state index in [-0.39, 0.29) is 12.3 Å². The zero-order chi connectivity index (χ0) is 17.9. The Balaban J connectivity index is 1.52. The molecule has 132 valence electrons. The van der Waals surface area contributed by atoms with Crippen LogP contribution < -0.4 is 9.47 Å². The molecule has 7 nitrogen and oxygen atoms in total. The van der Waals surface area contributed by atoms with Gasteiger partial charge < -0.3 is 9.47 Å². The summed E-state index contributed by atoms with van der Waals surface area (Å²) in [5, 5.41) is 12.4. The van der Waals surface area contributed by atoms with Crippen molar-refractivity contribution in [1.29, 1.82) is 0 Å². The number of tetrazole rings is 1.